The quantitative estimate of drug-likeness (QED) is 0.494. The van der Waals surface area contributed by atoms with Crippen LogP contribution in [0.4, 0.5) is 0 Å². The van der Waals surface area contributed by atoms with Gasteiger partial charge in [0.1, 0.15) is 10.7 Å². The molecule has 2 amide bonds. The second kappa shape index (κ2) is 8.19. The number of aromatic nitrogens is 3. The van der Waals surface area contributed by atoms with Crippen LogP contribution >= 0.6 is 11.3 Å². The summed E-state index contributed by atoms with van der Waals surface area (Å²) in [4.78, 5) is 33.3. The lowest BCUT2D eigenvalue weighted by atomic mass is 10.2. The van der Waals surface area contributed by atoms with Crippen molar-refractivity contribution in [3.8, 4) is 16.3 Å². The Bertz CT molecular complexity index is 1190. The number of hydrogen-bond acceptors (Lipinski definition) is 6. The minimum Gasteiger partial charge on any atom is -0.459 e. The summed E-state index contributed by atoms with van der Waals surface area (Å²) in [7, 11) is 0. The topological polar surface area (TPSA) is 84.5 Å². The molecule has 1 fully saturated rings. The van der Waals surface area contributed by atoms with Gasteiger partial charge in [0.25, 0.3) is 11.8 Å². The molecule has 31 heavy (non-hydrogen) atoms. The molecule has 9 heteroatoms. The van der Waals surface area contributed by atoms with E-state index in [2.05, 4.69) is 10.1 Å². The highest BCUT2D eigenvalue weighted by Crippen LogP contribution is 2.25. The molecule has 5 rings (SSSR count). The van der Waals surface area contributed by atoms with Crippen molar-refractivity contribution in [2.24, 2.45) is 0 Å². The summed E-state index contributed by atoms with van der Waals surface area (Å²) in [6.45, 7) is 1.85. The summed E-state index contributed by atoms with van der Waals surface area (Å²) >= 11 is 1.42. The van der Waals surface area contributed by atoms with Crippen LogP contribution in [0.5, 0.6) is 0 Å². The van der Waals surface area contributed by atoms with Gasteiger partial charge >= 0.3 is 0 Å². The Morgan fingerprint density at radius 3 is 2.39 bits per heavy atom. The summed E-state index contributed by atoms with van der Waals surface area (Å²) in [5.41, 5.74) is 2.24. The maximum absolute atomic E-state index is 12.9. The van der Waals surface area contributed by atoms with Crippen LogP contribution in [-0.2, 0) is 0 Å². The molecule has 0 aliphatic carbocycles. The van der Waals surface area contributed by atoms with Gasteiger partial charge in [-0.2, -0.15) is 5.10 Å². The first-order valence-corrected chi connectivity index (χ1v) is 10.7. The lowest BCUT2D eigenvalue weighted by Crippen LogP contribution is -2.50. The Balaban J connectivity index is 1.24. The van der Waals surface area contributed by atoms with E-state index >= 15 is 0 Å². The number of thiazole rings is 1. The van der Waals surface area contributed by atoms with Crippen LogP contribution in [-0.4, -0.2) is 62.6 Å². The summed E-state index contributed by atoms with van der Waals surface area (Å²) in [6, 6.07) is 13.2. The SMILES string of the molecule is O=C(c1csc(-c2cnn(-c3ccccc3)c2)n1)N1CCN(C(=O)c2ccco2)CC1. The van der Waals surface area contributed by atoms with Crippen molar-refractivity contribution in [1.82, 2.24) is 24.6 Å². The monoisotopic (exact) mass is 433 g/mol. The van der Waals surface area contributed by atoms with Crippen LogP contribution in [0.15, 0.2) is 70.9 Å². The van der Waals surface area contributed by atoms with Gasteiger partial charge in [0.05, 0.1) is 18.1 Å². The molecule has 0 bridgehead atoms. The van der Waals surface area contributed by atoms with E-state index in [1.807, 2.05) is 36.5 Å². The average Bonchev–Trinajstić information content (AvgIpc) is 3.60. The fraction of sp³-hybridized carbons (Fsp3) is 0.182. The summed E-state index contributed by atoms with van der Waals surface area (Å²) in [5.74, 6) is 0.0477. The summed E-state index contributed by atoms with van der Waals surface area (Å²) < 4.78 is 6.96. The van der Waals surface area contributed by atoms with Crippen molar-refractivity contribution in [3.05, 3.63) is 78.0 Å². The maximum Gasteiger partial charge on any atom is 0.289 e. The molecule has 0 saturated carbocycles. The van der Waals surface area contributed by atoms with Crippen LogP contribution in [0.1, 0.15) is 21.0 Å². The van der Waals surface area contributed by atoms with Gasteiger partial charge < -0.3 is 14.2 Å². The number of furan rings is 1. The van der Waals surface area contributed by atoms with Crippen LogP contribution in [0.25, 0.3) is 16.3 Å². The predicted octanol–water partition coefficient (Wildman–Crippen LogP) is 3.19. The number of benzene rings is 1. The fourth-order valence-corrected chi connectivity index (χ4v) is 4.26. The molecule has 0 N–H and O–H groups in total. The van der Waals surface area contributed by atoms with Gasteiger partial charge in [-0.1, -0.05) is 18.2 Å². The number of rotatable bonds is 4. The Hall–Kier alpha value is -3.72. The first kappa shape index (κ1) is 19.3. The number of amides is 2. The van der Waals surface area contributed by atoms with E-state index in [0.29, 0.717) is 37.6 Å². The van der Waals surface area contributed by atoms with Crippen molar-refractivity contribution in [2.75, 3.05) is 26.2 Å². The molecule has 0 spiro atoms. The van der Waals surface area contributed by atoms with E-state index in [-0.39, 0.29) is 11.8 Å². The minimum absolute atomic E-state index is 0.122. The molecule has 4 heterocycles. The van der Waals surface area contributed by atoms with E-state index in [1.165, 1.54) is 17.6 Å². The molecular weight excluding hydrogens is 414 g/mol. The molecule has 1 aromatic carbocycles. The van der Waals surface area contributed by atoms with Gasteiger partial charge in [0, 0.05) is 43.3 Å². The number of hydrogen-bond donors (Lipinski definition) is 0. The van der Waals surface area contributed by atoms with Crippen molar-refractivity contribution in [2.45, 2.75) is 0 Å². The standard InChI is InChI=1S/C22H19N5O3S/c28-21(25-8-10-26(11-9-25)22(29)19-7-4-12-30-19)18-15-31-20(24-18)16-13-23-27(14-16)17-5-2-1-3-6-17/h1-7,12-15H,8-11H2. The van der Waals surface area contributed by atoms with Gasteiger partial charge in [-0.05, 0) is 24.3 Å². The molecule has 4 aromatic rings. The molecule has 1 aliphatic heterocycles. The zero-order valence-electron chi connectivity index (χ0n) is 16.5. The first-order valence-electron chi connectivity index (χ1n) is 9.87. The molecule has 0 radical (unpaired) electrons. The second-order valence-electron chi connectivity index (χ2n) is 7.11. The van der Waals surface area contributed by atoms with E-state index < -0.39 is 0 Å². The van der Waals surface area contributed by atoms with Crippen LogP contribution < -0.4 is 0 Å². The number of piperazine rings is 1. The highest BCUT2D eigenvalue weighted by atomic mass is 32.1. The van der Waals surface area contributed by atoms with Crippen molar-refractivity contribution >= 4 is 23.2 Å². The van der Waals surface area contributed by atoms with Crippen molar-refractivity contribution in [1.29, 1.82) is 0 Å². The third-order valence-corrected chi connectivity index (χ3v) is 6.05. The Morgan fingerprint density at radius 2 is 1.68 bits per heavy atom. The highest BCUT2D eigenvalue weighted by Gasteiger charge is 2.27. The average molecular weight is 433 g/mol. The van der Waals surface area contributed by atoms with Crippen LogP contribution in [0.2, 0.25) is 0 Å². The largest absolute Gasteiger partial charge is 0.459 e. The van der Waals surface area contributed by atoms with Gasteiger partial charge in [-0.25, -0.2) is 9.67 Å². The summed E-state index contributed by atoms with van der Waals surface area (Å²) in [6.07, 6.45) is 5.14. The lowest BCUT2D eigenvalue weighted by Gasteiger charge is -2.34. The molecular formula is C22H19N5O3S. The molecule has 0 atom stereocenters. The first-order chi connectivity index (χ1) is 15.2. The normalized spacial score (nSPS) is 14.1. The highest BCUT2D eigenvalue weighted by molar-refractivity contribution is 7.13. The number of para-hydroxylation sites is 1. The third-order valence-electron chi connectivity index (χ3n) is 5.16. The lowest BCUT2D eigenvalue weighted by molar-refractivity contribution is 0.0515. The smallest absolute Gasteiger partial charge is 0.289 e. The Kier molecular flexibility index (Phi) is 5.09. The molecule has 8 nitrogen and oxygen atoms in total. The Labute approximate surface area is 182 Å². The van der Waals surface area contributed by atoms with Crippen molar-refractivity contribution in [3.63, 3.8) is 0 Å². The van der Waals surface area contributed by atoms with E-state index in [9.17, 15) is 9.59 Å². The van der Waals surface area contributed by atoms with E-state index in [1.54, 1.807) is 38.2 Å². The fourth-order valence-electron chi connectivity index (χ4n) is 3.49. The van der Waals surface area contributed by atoms with Gasteiger partial charge in [-0.15, -0.1) is 11.3 Å². The maximum atomic E-state index is 12.9. The predicted molar refractivity (Wildman–Crippen MR) is 115 cm³/mol. The minimum atomic E-state index is -0.150. The number of carbonyl (C=O) groups excluding carboxylic acids is 2. The third kappa shape index (κ3) is 3.87. The molecule has 156 valence electrons. The van der Waals surface area contributed by atoms with Gasteiger partial charge in [0.15, 0.2) is 5.76 Å². The van der Waals surface area contributed by atoms with Crippen molar-refractivity contribution < 1.29 is 14.0 Å². The Morgan fingerprint density at radius 1 is 0.935 bits per heavy atom. The molecule has 1 aliphatic rings. The van der Waals surface area contributed by atoms with Gasteiger partial charge in [-0.3, -0.25) is 9.59 Å². The van der Waals surface area contributed by atoms with Crippen LogP contribution in [0, 0.1) is 0 Å². The molecule has 0 unspecified atom stereocenters. The molecule has 1 saturated heterocycles. The van der Waals surface area contributed by atoms with E-state index in [4.69, 9.17) is 4.42 Å². The van der Waals surface area contributed by atoms with Gasteiger partial charge in [0.2, 0.25) is 0 Å². The number of carbonyl (C=O) groups is 2. The van der Waals surface area contributed by atoms with Crippen LogP contribution in [0.3, 0.4) is 0 Å². The molecule has 3 aromatic heterocycles. The van der Waals surface area contributed by atoms with E-state index in [0.717, 1.165) is 16.3 Å². The second-order valence-corrected chi connectivity index (χ2v) is 7.97. The number of nitrogens with zero attached hydrogens (tertiary/aromatic N) is 5. The zero-order chi connectivity index (χ0) is 21.2. The zero-order valence-corrected chi connectivity index (χ0v) is 17.4. The summed E-state index contributed by atoms with van der Waals surface area (Å²) in [5, 5.41) is 6.92.